The molecule has 0 radical (unpaired) electrons. The lowest BCUT2D eigenvalue weighted by atomic mass is 9.62. The zero-order chi connectivity index (χ0) is 30.8. The molecular formula is C31H35NO11. The van der Waals surface area contributed by atoms with Gasteiger partial charge in [-0.1, -0.05) is 6.92 Å². The van der Waals surface area contributed by atoms with Crippen LogP contribution < -0.4 is 29.0 Å². The summed E-state index contributed by atoms with van der Waals surface area (Å²) >= 11 is 0. The highest BCUT2D eigenvalue weighted by Gasteiger charge is 2.53. The van der Waals surface area contributed by atoms with Crippen molar-refractivity contribution in [3.05, 3.63) is 41.0 Å². The fraction of sp³-hybridized carbons (Fsp3) is 0.484. The van der Waals surface area contributed by atoms with Gasteiger partial charge >= 0.3 is 11.9 Å². The number of methoxy groups -OCH3 is 3. The first-order chi connectivity index (χ1) is 20.7. The second kappa shape index (κ2) is 12.4. The number of nitrogens with one attached hydrogen (secondary N) is 1. The maximum atomic E-state index is 13.0. The molecule has 1 aliphatic carbocycles. The summed E-state index contributed by atoms with van der Waals surface area (Å²) in [5.41, 5.74) is 2.40. The van der Waals surface area contributed by atoms with Crippen LogP contribution in [0.15, 0.2) is 24.3 Å². The third kappa shape index (κ3) is 5.65. The summed E-state index contributed by atoms with van der Waals surface area (Å²) in [6, 6.07) is 7.33. The fourth-order valence-electron chi connectivity index (χ4n) is 6.54. The fourth-order valence-corrected chi connectivity index (χ4v) is 6.54. The van der Waals surface area contributed by atoms with Crippen LogP contribution in [0.2, 0.25) is 0 Å². The van der Waals surface area contributed by atoms with Gasteiger partial charge in [-0.2, -0.15) is 0 Å². The molecule has 2 aromatic rings. The summed E-state index contributed by atoms with van der Waals surface area (Å²) in [6.07, 6.45) is 1.94. The van der Waals surface area contributed by atoms with Crippen LogP contribution in [0.3, 0.4) is 0 Å². The van der Waals surface area contributed by atoms with Crippen molar-refractivity contribution < 1.29 is 52.7 Å². The van der Waals surface area contributed by atoms with Crippen molar-refractivity contribution in [2.75, 3.05) is 34.7 Å². The molecule has 2 N–H and O–H groups in total. The van der Waals surface area contributed by atoms with E-state index < -0.39 is 23.7 Å². The molecule has 1 unspecified atom stereocenters. The molecule has 230 valence electrons. The summed E-state index contributed by atoms with van der Waals surface area (Å²) < 4.78 is 33.2. The molecule has 12 heteroatoms. The van der Waals surface area contributed by atoms with Gasteiger partial charge in [-0.15, -0.1) is 0 Å². The average molecular weight is 598 g/mol. The minimum atomic E-state index is -0.937. The molecule has 3 heterocycles. The van der Waals surface area contributed by atoms with E-state index in [0.29, 0.717) is 35.2 Å². The number of esters is 1. The Balaban J connectivity index is 0.000000314. The highest BCUT2D eigenvalue weighted by Crippen LogP contribution is 2.57. The molecule has 12 nitrogen and oxygen atoms in total. The topological polar surface area (TPSA) is 156 Å². The third-order valence-electron chi connectivity index (χ3n) is 8.63. The first-order valence-electron chi connectivity index (χ1n) is 14.2. The summed E-state index contributed by atoms with van der Waals surface area (Å²) in [5.74, 6) is -0.641. The van der Waals surface area contributed by atoms with Gasteiger partial charge < -0.3 is 33.5 Å². The first kappa shape index (κ1) is 30.0. The number of rotatable bonds is 7. The third-order valence-corrected chi connectivity index (χ3v) is 8.63. The van der Waals surface area contributed by atoms with Crippen LogP contribution in [0.5, 0.6) is 28.7 Å². The Kier molecular flexibility index (Phi) is 8.65. The average Bonchev–Trinajstić information content (AvgIpc) is 3.61. The maximum absolute atomic E-state index is 13.0. The number of hydrogen-bond acceptors (Lipinski definition) is 10. The molecule has 2 aromatic carbocycles. The van der Waals surface area contributed by atoms with Crippen molar-refractivity contribution in [2.45, 2.75) is 44.4 Å². The van der Waals surface area contributed by atoms with Crippen LogP contribution in [0, 0.1) is 17.8 Å². The van der Waals surface area contributed by atoms with E-state index in [4.69, 9.17) is 28.4 Å². The maximum Gasteiger partial charge on any atom is 0.310 e. The Bertz CT molecular complexity index is 1410. The number of carboxylic acid groups (broad SMARTS) is 1. The molecule has 2 amide bonds. The SMILES string of the molecule is CCC1CCC(=O)NC1=O.COc1cc([C@@H]2c3cc4c(cc3[C@H](CC(=O)O)[C@H]3COC(=O)[C@H]23)OCO4)cc(OC)c1OC. The molecule has 4 aliphatic rings. The molecule has 2 saturated heterocycles. The molecule has 5 atom stereocenters. The van der Waals surface area contributed by atoms with E-state index in [1.807, 2.05) is 31.2 Å². The number of hydrogen-bond donors (Lipinski definition) is 2. The molecule has 0 spiro atoms. The summed E-state index contributed by atoms with van der Waals surface area (Å²) in [7, 11) is 4.59. The summed E-state index contributed by atoms with van der Waals surface area (Å²) in [4.78, 5) is 46.2. The Hall–Kier alpha value is -4.48. The Labute approximate surface area is 248 Å². The van der Waals surface area contributed by atoms with Gasteiger partial charge in [0.15, 0.2) is 23.0 Å². The van der Waals surface area contributed by atoms with Crippen molar-refractivity contribution in [1.29, 1.82) is 0 Å². The molecule has 6 rings (SSSR count). The molecule has 43 heavy (non-hydrogen) atoms. The summed E-state index contributed by atoms with van der Waals surface area (Å²) in [6.45, 7) is 2.21. The van der Waals surface area contributed by atoms with Gasteiger partial charge in [-0.25, -0.2) is 0 Å². The van der Waals surface area contributed by atoms with Crippen LogP contribution >= 0.6 is 0 Å². The molecule has 0 saturated carbocycles. The van der Waals surface area contributed by atoms with E-state index >= 15 is 0 Å². The Morgan fingerprint density at radius 2 is 1.60 bits per heavy atom. The Morgan fingerprint density at radius 3 is 2.16 bits per heavy atom. The van der Waals surface area contributed by atoms with Crippen molar-refractivity contribution in [3.63, 3.8) is 0 Å². The van der Waals surface area contributed by atoms with Crippen LogP contribution in [0.25, 0.3) is 0 Å². The van der Waals surface area contributed by atoms with Gasteiger partial charge in [0, 0.05) is 30.1 Å². The van der Waals surface area contributed by atoms with Crippen LogP contribution in [-0.2, 0) is 23.9 Å². The number of ether oxygens (including phenoxy) is 6. The molecule has 0 bridgehead atoms. The highest BCUT2D eigenvalue weighted by molar-refractivity contribution is 5.98. The molecule has 0 aromatic heterocycles. The standard InChI is InChI=1S/C24H24O9.C7H11NO2/c1-28-18-4-11(5-19(29-2)23(18)30-3)21-14-7-17-16(32-10-33-17)6-12(14)13(8-20(25)26)15-9-31-24(27)22(15)21;1-2-5-3-4-6(9)8-7(5)10/h4-7,13,15,21-22H,8-10H2,1-3H3,(H,25,26);5H,2-4H2,1H3,(H,8,9,10)/t13-,15+,21+,22-;/m0./s1. The number of carbonyl (C=O) groups is 4. The van der Waals surface area contributed by atoms with Crippen molar-refractivity contribution in [3.8, 4) is 28.7 Å². The summed E-state index contributed by atoms with van der Waals surface area (Å²) in [5, 5.41) is 11.9. The number of cyclic esters (lactones) is 1. The number of piperidine rings is 1. The monoisotopic (exact) mass is 597 g/mol. The predicted molar refractivity (Wildman–Crippen MR) is 150 cm³/mol. The van der Waals surface area contributed by atoms with E-state index in [-0.39, 0.29) is 49.4 Å². The quantitative estimate of drug-likeness (QED) is 0.356. The van der Waals surface area contributed by atoms with Gasteiger partial charge in [0.25, 0.3) is 0 Å². The zero-order valence-electron chi connectivity index (χ0n) is 24.5. The normalized spacial score (nSPS) is 24.9. The number of carbonyl (C=O) groups excluding carboxylic acids is 3. The van der Waals surface area contributed by atoms with E-state index in [1.165, 1.54) is 21.3 Å². The van der Waals surface area contributed by atoms with Crippen LogP contribution in [0.1, 0.15) is 61.1 Å². The first-order valence-corrected chi connectivity index (χ1v) is 14.2. The van der Waals surface area contributed by atoms with Crippen molar-refractivity contribution in [1.82, 2.24) is 5.32 Å². The number of carboxylic acids is 1. The smallest absolute Gasteiger partial charge is 0.310 e. The highest BCUT2D eigenvalue weighted by atomic mass is 16.7. The lowest BCUT2D eigenvalue weighted by molar-refractivity contribution is -0.142. The van der Waals surface area contributed by atoms with E-state index in [2.05, 4.69) is 5.32 Å². The minimum Gasteiger partial charge on any atom is -0.493 e. The second-order valence-corrected chi connectivity index (χ2v) is 10.9. The Morgan fingerprint density at radius 1 is 0.953 bits per heavy atom. The lowest BCUT2D eigenvalue weighted by Crippen LogP contribution is -2.40. The van der Waals surface area contributed by atoms with Crippen molar-refractivity contribution in [2.24, 2.45) is 17.8 Å². The van der Waals surface area contributed by atoms with Gasteiger partial charge in [-0.3, -0.25) is 24.5 Å². The van der Waals surface area contributed by atoms with Gasteiger partial charge in [-0.05, 0) is 53.8 Å². The zero-order valence-corrected chi connectivity index (χ0v) is 24.5. The number of benzene rings is 2. The van der Waals surface area contributed by atoms with Gasteiger partial charge in [0.1, 0.15) is 0 Å². The van der Waals surface area contributed by atoms with E-state index in [0.717, 1.165) is 29.5 Å². The predicted octanol–water partition coefficient (Wildman–Crippen LogP) is 3.38. The molecule has 2 fully saturated rings. The minimum absolute atomic E-state index is 0.0673. The number of amides is 2. The van der Waals surface area contributed by atoms with Gasteiger partial charge in [0.2, 0.25) is 24.4 Å². The van der Waals surface area contributed by atoms with E-state index in [9.17, 15) is 24.3 Å². The largest absolute Gasteiger partial charge is 0.493 e. The molecular weight excluding hydrogens is 562 g/mol. The number of fused-ring (bicyclic) bond motifs is 3. The molecule has 3 aliphatic heterocycles. The lowest BCUT2D eigenvalue weighted by Gasteiger charge is -2.38. The van der Waals surface area contributed by atoms with Crippen molar-refractivity contribution >= 4 is 23.8 Å². The second-order valence-electron chi connectivity index (χ2n) is 10.9. The number of aliphatic carboxylic acids is 1. The van der Waals surface area contributed by atoms with Crippen LogP contribution in [-0.4, -0.2) is 63.6 Å². The van der Waals surface area contributed by atoms with Crippen LogP contribution in [0.4, 0.5) is 0 Å². The van der Waals surface area contributed by atoms with E-state index in [1.54, 1.807) is 0 Å². The van der Waals surface area contributed by atoms with Gasteiger partial charge in [0.05, 0.1) is 40.3 Å². The number of imide groups is 1.